The third-order valence-electron chi connectivity index (χ3n) is 4.95. The van der Waals surface area contributed by atoms with Crippen LogP contribution in [-0.2, 0) is 22.0 Å². The van der Waals surface area contributed by atoms with Gasteiger partial charge in [-0.05, 0) is 29.1 Å². The van der Waals surface area contributed by atoms with Crippen LogP contribution in [0.2, 0.25) is 0 Å². The predicted octanol–water partition coefficient (Wildman–Crippen LogP) is 5.51. The molecule has 0 aliphatic carbocycles. The van der Waals surface area contributed by atoms with Crippen molar-refractivity contribution in [3.63, 3.8) is 0 Å². The molecule has 0 saturated heterocycles. The molecule has 2 heterocycles. The van der Waals surface area contributed by atoms with Gasteiger partial charge in [0.25, 0.3) is 0 Å². The SMILES string of the molecule is COC(=O)C(c1ccccc1)(c1cccs1)c1cn(C)c2cc(Br)ccc12. The minimum atomic E-state index is -1.02. The number of hydrogen-bond acceptors (Lipinski definition) is 3. The van der Waals surface area contributed by atoms with Gasteiger partial charge in [0, 0.05) is 39.1 Å². The minimum Gasteiger partial charge on any atom is -0.468 e. The molecule has 3 nitrogen and oxygen atoms in total. The Morgan fingerprint density at radius 3 is 2.56 bits per heavy atom. The van der Waals surface area contributed by atoms with Crippen molar-refractivity contribution in [1.82, 2.24) is 4.57 Å². The van der Waals surface area contributed by atoms with E-state index in [0.29, 0.717) is 0 Å². The summed E-state index contributed by atoms with van der Waals surface area (Å²) in [5, 5.41) is 3.03. The van der Waals surface area contributed by atoms with Gasteiger partial charge in [0.05, 0.1) is 7.11 Å². The topological polar surface area (TPSA) is 31.2 Å². The molecular formula is C22H18BrNO2S. The normalized spacial score (nSPS) is 13.4. The van der Waals surface area contributed by atoms with Gasteiger partial charge in [-0.25, -0.2) is 0 Å². The van der Waals surface area contributed by atoms with E-state index in [1.54, 1.807) is 11.3 Å². The van der Waals surface area contributed by atoms with Gasteiger partial charge in [-0.2, -0.15) is 0 Å². The number of nitrogens with zero attached hydrogens (tertiary/aromatic N) is 1. The predicted molar refractivity (Wildman–Crippen MR) is 113 cm³/mol. The second-order valence-corrected chi connectivity index (χ2v) is 8.26. The molecule has 1 unspecified atom stereocenters. The largest absolute Gasteiger partial charge is 0.468 e. The van der Waals surface area contributed by atoms with Crippen molar-refractivity contribution in [2.75, 3.05) is 7.11 Å². The summed E-state index contributed by atoms with van der Waals surface area (Å²) in [6.07, 6.45) is 2.04. The fourth-order valence-corrected chi connectivity index (χ4v) is 5.05. The van der Waals surface area contributed by atoms with E-state index >= 15 is 0 Å². The van der Waals surface area contributed by atoms with E-state index in [-0.39, 0.29) is 5.97 Å². The maximum Gasteiger partial charge on any atom is 0.326 e. The third kappa shape index (κ3) is 2.73. The smallest absolute Gasteiger partial charge is 0.326 e. The number of benzene rings is 2. The van der Waals surface area contributed by atoms with Gasteiger partial charge < -0.3 is 9.30 Å². The van der Waals surface area contributed by atoms with E-state index in [1.165, 1.54) is 7.11 Å². The minimum absolute atomic E-state index is 0.286. The Balaban J connectivity index is 2.16. The highest BCUT2D eigenvalue weighted by Crippen LogP contribution is 2.45. The van der Waals surface area contributed by atoms with Crippen LogP contribution in [0.3, 0.4) is 0 Å². The van der Waals surface area contributed by atoms with Crippen molar-refractivity contribution in [3.05, 3.63) is 92.7 Å². The second kappa shape index (κ2) is 6.98. The van der Waals surface area contributed by atoms with E-state index in [4.69, 9.17) is 4.74 Å². The number of fused-ring (bicyclic) bond motifs is 1. The summed E-state index contributed by atoms with van der Waals surface area (Å²) in [6, 6.07) is 20.0. The maximum atomic E-state index is 13.4. The summed E-state index contributed by atoms with van der Waals surface area (Å²) < 4.78 is 8.44. The van der Waals surface area contributed by atoms with E-state index in [2.05, 4.69) is 32.6 Å². The Labute approximate surface area is 170 Å². The number of hydrogen-bond donors (Lipinski definition) is 0. The molecule has 2 aromatic heterocycles. The van der Waals surface area contributed by atoms with Crippen LogP contribution in [-0.4, -0.2) is 17.6 Å². The molecule has 0 bridgehead atoms. The summed E-state index contributed by atoms with van der Waals surface area (Å²) in [7, 11) is 3.45. The van der Waals surface area contributed by atoms with Gasteiger partial charge in [0.2, 0.25) is 0 Å². The first kappa shape index (κ1) is 18.0. The van der Waals surface area contributed by atoms with E-state index < -0.39 is 5.41 Å². The molecule has 0 saturated carbocycles. The molecule has 0 aliphatic rings. The van der Waals surface area contributed by atoms with Crippen LogP contribution in [0.4, 0.5) is 0 Å². The first-order valence-corrected chi connectivity index (χ1v) is 10.2. The molecule has 4 aromatic rings. The molecule has 2 aromatic carbocycles. The Hall–Kier alpha value is -2.37. The summed E-state index contributed by atoms with van der Waals surface area (Å²) in [5.74, 6) is -0.286. The third-order valence-corrected chi connectivity index (χ3v) is 6.43. The van der Waals surface area contributed by atoms with Crippen LogP contribution in [0.5, 0.6) is 0 Å². The molecule has 0 aliphatic heterocycles. The average molecular weight is 440 g/mol. The number of carbonyl (C=O) groups excluding carboxylic acids is 1. The lowest BCUT2D eigenvalue weighted by atomic mass is 9.73. The molecule has 0 fully saturated rings. The van der Waals surface area contributed by atoms with Crippen LogP contribution in [0.25, 0.3) is 10.9 Å². The summed E-state index contributed by atoms with van der Waals surface area (Å²) in [5.41, 5.74) is 1.86. The molecule has 0 spiro atoms. The van der Waals surface area contributed by atoms with E-state index in [9.17, 15) is 4.79 Å². The number of methoxy groups -OCH3 is 1. The number of thiophene rings is 1. The van der Waals surface area contributed by atoms with Gasteiger partial charge >= 0.3 is 5.97 Å². The zero-order chi connectivity index (χ0) is 19.0. The molecule has 0 radical (unpaired) electrons. The van der Waals surface area contributed by atoms with E-state index in [0.717, 1.165) is 31.4 Å². The van der Waals surface area contributed by atoms with Crippen LogP contribution >= 0.6 is 27.3 Å². The molecule has 0 amide bonds. The number of rotatable bonds is 4. The number of esters is 1. The molecule has 0 N–H and O–H groups in total. The molecule has 1 atom stereocenters. The quantitative estimate of drug-likeness (QED) is 0.392. The highest BCUT2D eigenvalue weighted by atomic mass is 79.9. The summed E-state index contributed by atoms with van der Waals surface area (Å²) >= 11 is 5.11. The van der Waals surface area contributed by atoms with Crippen LogP contribution < -0.4 is 0 Å². The Kier molecular flexibility index (Phi) is 4.66. The Bertz CT molecular complexity index is 1100. The van der Waals surface area contributed by atoms with Crippen molar-refractivity contribution in [3.8, 4) is 0 Å². The van der Waals surface area contributed by atoms with Crippen molar-refractivity contribution >= 4 is 44.1 Å². The van der Waals surface area contributed by atoms with Crippen molar-refractivity contribution in [2.24, 2.45) is 7.05 Å². The van der Waals surface area contributed by atoms with Gasteiger partial charge in [-0.15, -0.1) is 11.3 Å². The zero-order valence-corrected chi connectivity index (χ0v) is 17.4. The highest BCUT2D eigenvalue weighted by molar-refractivity contribution is 9.10. The Morgan fingerprint density at radius 2 is 1.89 bits per heavy atom. The molecule has 4 rings (SSSR count). The standard InChI is InChI=1S/C22H18BrNO2S/c1-24-14-18(17-11-10-16(23)13-19(17)24)22(21(25)26-2,20-9-6-12-27-20)15-7-4-3-5-8-15/h3-14H,1-2H3. The monoisotopic (exact) mass is 439 g/mol. The number of halogens is 1. The van der Waals surface area contributed by atoms with Gasteiger partial charge in [0.15, 0.2) is 5.41 Å². The van der Waals surface area contributed by atoms with Crippen LogP contribution in [0.1, 0.15) is 16.0 Å². The lowest BCUT2D eigenvalue weighted by Gasteiger charge is -2.31. The van der Waals surface area contributed by atoms with Crippen molar-refractivity contribution < 1.29 is 9.53 Å². The molecule has 5 heteroatoms. The summed E-state index contributed by atoms with van der Waals surface area (Å²) in [4.78, 5) is 14.4. The first-order chi connectivity index (χ1) is 13.1. The maximum absolute atomic E-state index is 13.4. The highest BCUT2D eigenvalue weighted by Gasteiger charge is 2.47. The fraction of sp³-hybridized carbons (Fsp3) is 0.136. The number of aromatic nitrogens is 1. The number of ether oxygens (including phenoxy) is 1. The van der Waals surface area contributed by atoms with Gasteiger partial charge in [-0.1, -0.05) is 58.4 Å². The number of carbonyl (C=O) groups is 1. The summed E-state index contributed by atoms with van der Waals surface area (Å²) in [6.45, 7) is 0. The molecule has 136 valence electrons. The average Bonchev–Trinajstić information content (AvgIpc) is 3.33. The number of aryl methyl sites for hydroxylation is 1. The lowest BCUT2D eigenvalue weighted by molar-refractivity contribution is -0.144. The lowest BCUT2D eigenvalue weighted by Crippen LogP contribution is -2.38. The van der Waals surface area contributed by atoms with Gasteiger partial charge in [0.1, 0.15) is 0 Å². The Morgan fingerprint density at radius 1 is 1.11 bits per heavy atom. The zero-order valence-electron chi connectivity index (χ0n) is 15.0. The van der Waals surface area contributed by atoms with Gasteiger partial charge in [-0.3, -0.25) is 4.79 Å². The van der Waals surface area contributed by atoms with Crippen molar-refractivity contribution in [1.29, 1.82) is 0 Å². The first-order valence-electron chi connectivity index (χ1n) is 8.52. The molecular weight excluding hydrogens is 422 g/mol. The van der Waals surface area contributed by atoms with E-state index in [1.807, 2.05) is 67.2 Å². The van der Waals surface area contributed by atoms with Crippen molar-refractivity contribution in [2.45, 2.75) is 5.41 Å². The van der Waals surface area contributed by atoms with Crippen LogP contribution in [0.15, 0.2) is 76.7 Å². The fourth-order valence-electron chi connectivity index (χ4n) is 3.75. The second-order valence-electron chi connectivity index (χ2n) is 6.40. The molecule has 27 heavy (non-hydrogen) atoms. The van der Waals surface area contributed by atoms with Crippen LogP contribution in [0, 0.1) is 0 Å².